The molecule has 2 N–H and O–H groups in total. The lowest BCUT2D eigenvalue weighted by Gasteiger charge is -2.36. The van der Waals surface area contributed by atoms with Crippen molar-refractivity contribution in [1.29, 1.82) is 0 Å². The second-order valence-electron chi connectivity index (χ2n) is 5.76. The predicted molar refractivity (Wildman–Crippen MR) is 71.7 cm³/mol. The van der Waals surface area contributed by atoms with Crippen molar-refractivity contribution < 1.29 is 9.90 Å². The Morgan fingerprint density at radius 2 is 2.11 bits per heavy atom. The van der Waals surface area contributed by atoms with Gasteiger partial charge in [0.1, 0.15) is 5.54 Å². The van der Waals surface area contributed by atoms with Gasteiger partial charge < -0.3 is 10.4 Å². The molecule has 0 amide bonds. The first-order chi connectivity index (χ1) is 8.64. The van der Waals surface area contributed by atoms with Gasteiger partial charge in [0.25, 0.3) is 0 Å². The third kappa shape index (κ3) is 2.54. The van der Waals surface area contributed by atoms with E-state index in [0.717, 1.165) is 32.4 Å². The Morgan fingerprint density at radius 3 is 2.61 bits per heavy atom. The van der Waals surface area contributed by atoms with Crippen LogP contribution < -0.4 is 5.32 Å². The predicted octanol–water partition coefficient (Wildman–Crippen LogP) is 1.70. The van der Waals surface area contributed by atoms with Crippen LogP contribution in [0.5, 0.6) is 0 Å². The van der Waals surface area contributed by atoms with Crippen molar-refractivity contribution in [3.8, 4) is 0 Å². The number of hydrogen-bond donors (Lipinski definition) is 2. The number of carboxylic acid groups (broad SMARTS) is 1. The minimum Gasteiger partial charge on any atom is -0.480 e. The van der Waals surface area contributed by atoms with Crippen LogP contribution in [-0.4, -0.2) is 47.2 Å². The number of nitrogens with zero attached hydrogens (tertiary/aromatic N) is 1. The van der Waals surface area contributed by atoms with Crippen molar-refractivity contribution in [2.45, 2.75) is 57.5 Å². The van der Waals surface area contributed by atoms with Crippen molar-refractivity contribution in [3.63, 3.8) is 0 Å². The van der Waals surface area contributed by atoms with Gasteiger partial charge in [-0.1, -0.05) is 13.8 Å². The first-order valence-corrected chi connectivity index (χ1v) is 7.36. The molecule has 4 nitrogen and oxygen atoms in total. The summed E-state index contributed by atoms with van der Waals surface area (Å²) in [6.45, 7) is 6.68. The quantitative estimate of drug-likeness (QED) is 0.726. The van der Waals surface area contributed by atoms with E-state index in [-0.39, 0.29) is 0 Å². The molecule has 2 fully saturated rings. The van der Waals surface area contributed by atoms with Gasteiger partial charge in [0.15, 0.2) is 0 Å². The summed E-state index contributed by atoms with van der Waals surface area (Å²) in [5, 5.41) is 13.0. The lowest BCUT2D eigenvalue weighted by molar-refractivity contribution is -0.147. The number of hydrogen-bond acceptors (Lipinski definition) is 3. The molecule has 1 saturated carbocycles. The van der Waals surface area contributed by atoms with Crippen LogP contribution in [0, 0.1) is 5.92 Å². The van der Waals surface area contributed by atoms with Crippen molar-refractivity contribution in [2.24, 2.45) is 5.92 Å². The van der Waals surface area contributed by atoms with Gasteiger partial charge in [0, 0.05) is 12.6 Å². The summed E-state index contributed by atoms with van der Waals surface area (Å²) in [7, 11) is 0. The summed E-state index contributed by atoms with van der Waals surface area (Å²) >= 11 is 0. The maximum absolute atomic E-state index is 11.8. The van der Waals surface area contributed by atoms with Gasteiger partial charge in [0.2, 0.25) is 0 Å². The first-order valence-electron chi connectivity index (χ1n) is 7.36. The molecule has 104 valence electrons. The molecule has 0 bridgehead atoms. The largest absolute Gasteiger partial charge is 0.480 e. The molecule has 2 rings (SSSR count). The van der Waals surface area contributed by atoms with Crippen molar-refractivity contribution in [3.05, 3.63) is 0 Å². The number of rotatable bonds is 7. The van der Waals surface area contributed by atoms with E-state index < -0.39 is 11.5 Å². The second kappa shape index (κ2) is 5.57. The minimum atomic E-state index is -0.702. The van der Waals surface area contributed by atoms with E-state index in [2.05, 4.69) is 17.1 Å². The van der Waals surface area contributed by atoms with Crippen molar-refractivity contribution >= 4 is 5.97 Å². The topological polar surface area (TPSA) is 52.6 Å². The van der Waals surface area contributed by atoms with Gasteiger partial charge >= 0.3 is 5.97 Å². The first kappa shape index (κ1) is 13.8. The van der Waals surface area contributed by atoms with Crippen LogP contribution in [0.1, 0.15) is 46.0 Å². The van der Waals surface area contributed by atoms with Gasteiger partial charge in [-0.3, -0.25) is 9.69 Å². The fourth-order valence-electron chi connectivity index (χ4n) is 3.42. The molecule has 1 aliphatic carbocycles. The van der Waals surface area contributed by atoms with E-state index in [0.29, 0.717) is 18.5 Å². The zero-order chi connectivity index (χ0) is 13.2. The third-order valence-electron chi connectivity index (χ3n) is 4.57. The van der Waals surface area contributed by atoms with E-state index in [1.165, 1.54) is 12.8 Å². The summed E-state index contributed by atoms with van der Waals surface area (Å²) in [4.78, 5) is 14.2. The van der Waals surface area contributed by atoms with Crippen LogP contribution in [0.4, 0.5) is 0 Å². The summed E-state index contributed by atoms with van der Waals surface area (Å²) in [5.41, 5.74) is -0.702. The highest BCUT2D eigenvalue weighted by atomic mass is 16.4. The minimum absolute atomic E-state index is 0.327. The lowest BCUT2D eigenvalue weighted by Crippen LogP contribution is -2.61. The Morgan fingerprint density at radius 1 is 1.39 bits per heavy atom. The van der Waals surface area contributed by atoms with Crippen LogP contribution in [0.3, 0.4) is 0 Å². The van der Waals surface area contributed by atoms with Crippen LogP contribution in [0.2, 0.25) is 0 Å². The Hall–Kier alpha value is -0.610. The second-order valence-corrected chi connectivity index (χ2v) is 5.76. The van der Waals surface area contributed by atoms with E-state index in [1.807, 2.05) is 6.92 Å². The monoisotopic (exact) mass is 254 g/mol. The Kier molecular flexibility index (Phi) is 4.28. The van der Waals surface area contributed by atoms with E-state index in [4.69, 9.17) is 0 Å². The van der Waals surface area contributed by atoms with Crippen LogP contribution in [-0.2, 0) is 4.79 Å². The molecule has 1 saturated heterocycles. The third-order valence-corrected chi connectivity index (χ3v) is 4.57. The van der Waals surface area contributed by atoms with E-state index in [1.54, 1.807) is 0 Å². The average molecular weight is 254 g/mol. The number of nitrogens with one attached hydrogen (secondary N) is 1. The molecule has 0 radical (unpaired) electrons. The number of likely N-dealkylation sites (tertiary alicyclic amines) is 1. The fourth-order valence-corrected chi connectivity index (χ4v) is 3.42. The van der Waals surface area contributed by atoms with E-state index in [9.17, 15) is 9.90 Å². The van der Waals surface area contributed by atoms with Gasteiger partial charge in [-0.25, -0.2) is 0 Å². The highest BCUT2D eigenvalue weighted by Gasteiger charge is 2.52. The molecular weight excluding hydrogens is 228 g/mol. The maximum Gasteiger partial charge on any atom is 0.325 e. The Bertz CT molecular complexity index is 304. The molecule has 4 heteroatoms. The molecule has 18 heavy (non-hydrogen) atoms. The van der Waals surface area contributed by atoms with Crippen LogP contribution >= 0.6 is 0 Å². The molecule has 2 atom stereocenters. The molecule has 0 aromatic heterocycles. The molecule has 0 aromatic rings. The summed E-state index contributed by atoms with van der Waals surface area (Å²) < 4.78 is 0. The Balaban J connectivity index is 2.11. The lowest BCUT2D eigenvalue weighted by atomic mass is 9.91. The normalized spacial score (nSPS) is 28.2. The number of carbonyl (C=O) groups is 1. The maximum atomic E-state index is 11.8. The van der Waals surface area contributed by atoms with Crippen molar-refractivity contribution in [1.82, 2.24) is 10.2 Å². The average Bonchev–Trinajstić information content (AvgIpc) is 3.10. The van der Waals surface area contributed by atoms with Gasteiger partial charge in [-0.2, -0.15) is 0 Å². The smallest absolute Gasteiger partial charge is 0.325 e. The molecule has 0 aromatic carbocycles. The number of aliphatic carboxylic acids is 1. The summed E-state index contributed by atoms with van der Waals surface area (Å²) in [6, 6.07) is 0.584. The SMILES string of the molecule is CCNC(CN1CCCC1CC)(C(=O)O)C1CC1. The molecule has 1 heterocycles. The van der Waals surface area contributed by atoms with Crippen LogP contribution in [0.25, 0.3) is 0 Å². The molecule has 2 aliphatic rings. The van der Waals surface area contributed by atoms with Crippen molar-refractivity contribution in [2.75, 3.05) is 19.6 Å². The van der Waals surface area contributed by atoms with Gasteiger partial charge in [-0.15, -0.1) is 0 Å². The molecular formula is C14H26N2O2. The molecule has 1 aliphatic heterocycles. The summed E-state index contributed by atoms with van der Waals surface area (Å²) in [6.07, 6.45) is 5.69. The fraction of sp³-hybridized carbons (Fsp3) is 0.929. The van der Waals surface area contributed by atoms with Gasteiger partial charge in [0.05, 0.1) is 0 Å². The van der Waals surface area contributed by atoms with Crippen LogP contribution in [0.15, 0.2) is 0 Å². The van der Waals surface area contributed by atoms with Gasteiger partial charge in [-0.05, 0) is 51.1 Å². The number of carboxylic acids is 1. The number of likely N-dealkylation sites (N-methyl/N-ethyl adjacent to an activating group) is 1. The highest BCUT2D eigenvalue weighted by molar-refractivity contribution is 5.80. The highest BCUT2D eigenvalue weighted by Crippen LogP contribution is 2.41. The standard InChI is InChI=1S/C14H26N2O2/c1-3-12-6-5-9-16(12)10-14(13(17)18,15-4-2)11-7-8-11/h11-12,15H,3-10H2,1-2H3,(H,17,18). The molecule has 0 spiro atoms. The Labute approximate surface area is 110 Å². The zero-order valence-electron chi connectivity index (χ0n) is 11.6. The van der Waals surface area contributed by atoms with E-state index >= 15 is 0 Å². The zero-order valence-corrected chi connectivity index (χ0v) is 11.6. The summed E-state index contributed by atoms with van der Waals surface area (Å²) in [5.74, 6) is -0.332. The molecule has 2 unspecified atom stereocenters.